The Hall–Kier alpha value is -2.04. The number of carbonyl (C=O) groups is 1. The molecule has 1 aliphatic heterocycles. The van der Waals surface area contributed by atoms with Gasteiger partial charge in [0.1, 0.15) is 6.04 Å². The van der Waals surface area contributed by atoms with Crippen molar-refractivity contribution in [3.05, 3.63) is 23.3 Å². The number of aryl methyl sites for hydroxylation is 2. The predicted molar refractivity (Wildman–Crippen MR) is 80.7 cm³/mol. The monoisotopic (exact) mass is 285 g/mol. The third kappa shape index (κ3) is 2.07. The smallest absolute Gasteiger partial charge is 0.326 e. The molecule has 2 N–H and O–H groups in total. The van der Waals surface area contributed by atoms with Crippen LogP contribution in [0.15, 0.2) is 12.1 Å². The molecule has 1 saturated heterocycles. The van der Waals surface area contributed by atoms with Gasteiger partial charge in [0.2, 0.25) is 5.95 Å². The van der Waals surface area contributed by atoms with E-state index >= 15 is 0 Å². The summed E-state index contributed by atoms with van der Waals surface area (Å²) in [6.45, 7) is 0.760. The zero-order valence-electron chi connectivity index (χ0n) is 11.9. The van der Waals surface area contributed by atoms with E-state index in [1.807, 2.05) is 4.90 Å². The molecule has 0 saturated carbocycles. The lowest BCUT2D eigenvalue weighted by Crippen LogP contribution is -2.36. The molecule has 2 aromatic rings. The van der Waals surface area contributed by atoms with Crippen LogP contribution < -0.4 is 4.90 Å². The predicted octanol–water partition coefficient (Wildman–Crippen LogP) is 2.50. The molecule has 21 heavy (non-hydrogen) atoms. The summed E-state index contributed by atoms with van der Waals surface area (Å²) in [7, 11) is 0. The fourth-order valence-corrected chi connectivity index (χ4v) is 3.64. The van der Waals surface area contributed by atoms with Crippen LogP contribution in [0.2, 0.25) is 0 Å². The minimum absolute atomic E-state index is 0.444. The number of anilines is 1. The number of hydrogen-bond donors (Lipinski definition) is 2. The lowest BCUT2D eigenvalue weighted by molar-refractivity contribution is -0.138. The van der Waals surface area contributed by atoms with Crippen LogP contribution in [0.4, 0.5) is 5.95 Å². The van der Waals surface area contributed by atoms with Gasteiger partial charge in [-0.1, -0.05) is 0 Å². The van der Waals surface area contributed by atoms with Crippen LogP contribution >= 0.6 is 0 Å². The van der Waals surface area contributed by atoms with E-state index in [0.29, 0.717) is 12.4 Å². The van der Waals surface area contributed by atoms with Crippen LogP contribution in [0.1, 0.15) is 36.8 Å². The van der Waals surface area contributed by atoms with Crippen molar-refractivity contribution in [3.63, 3.8) is 0 Å². The molecule has 0 bridgehead atoms. The first kappa shape index (κ1) is 12.7. The molecule has 5 heteroatoms. The molecule has 1 atom stereocenters. The largest absolute Gasteiger partial charge is 0.480 e. The Morgan fingerprint density at radius 3 is 2.76 bits per heavy atom. The summed E-state index contributed by atoms with van der Waals surface area (Å²) in [5.74, 6) is -0.0514. The maximum Gasteiger partial charge on any atom is 0.326 e. The van der Waals surface area contributed by atoms with Gasteiger partial charge in [0.05, 0.1) is 11.0 Å². The summed E-state index contributed by atoms with van der Waals surface area (Å²) in [5, 5.41) is 9.31. The Bertz CT molecular complexity index is 664. The second kappa shape index (κ2) is 4.76. The fourth-order valence-electron chi connectivity index (χ4n) is 3.64. The minimum Gasteiger partial charge on any atom is -0.480 e. The number of aromatic amines is 1. The number of aromatic nitrogens is 2. The molecular weight excluding hydrogens is 266 g/mol. The first-order chi connectivity index (χ1) is 10.2. The van der Waals surface area contributed by atoms with Gasteiger partial charge in [0.25, 0.3) is 0 Å². The highest BCUT2D eigenvalue weighted by Gasteiger charge is 2.32. The number of nitrogens with one attached hydrogen (secondary N) is 1. The Kier molecular flexibility index (Phi) is 2.87. The highest BCUT2D eigenvalue weighted by Crippen LogP contribution is 2.29. The first-order valence-electron chi connectivity index (χ1n) is 7.73. The topological polar surface area (TPSA) is 69.2 Å². The lowest BCUT2D eigenvalue weighted by Gasteiger charge is -2.19. The average Bonchev–Trinajstić information content (AvgIpc) is 3.10. The zero-order chi connectivity index (χ0) is 14.4. The van der Waals surface area contributed by atoms with Crippen LogP contribution in [0, 0.1) is 0 Å². The third-order valence-electron chi connectivity index (χ3n) is 4.74. The first-order valence-corrected chi connectivity index (χ1v) is 7.73. The van der Waals surface area contributed by atoms with E-state index in [0.717, 1.165) is 36.8 Å². The van der Waals surface area contributed by atoms with Gasteiger partial charge in [-0.2, -0.15) is 0 Å². The van der Waals surface area contributed by atoms with Gasteiger partial charge in [-0.3, -0.25) is 0 Å². The highest BCUT2D eigenvalue weighted by molar-refractivity contribution is 5.82. The van der Waals surface area contributed by atoms with E-state index in [1.54, 1.807) is 0 Å². The van der Waals surface area contributed by atoms with Gasteiger partial charge in [-0.25, -0.2) is 9.78 Å². The van der Waals surface area contributed by atoms with Gasteiger partial charge in [-0.05, 0) is 61.8 Å². The maximum absolute atomic E-state index is 11.3. The van der Waals surface area contributed by atoms with Crippen LogP contribution in [-0.2, 0) is 17.6 Å². The van der Waals surface area contributed by atoms with Gasteiger partial charge in [0, 0.05) is 6.54 Å². The van der Waals surface area contributed by atoms with Gasteiger partial charge in [-0.15, -0.1) is 0 Å². The molecule has 0 amide bonds. The summed E-state index contributed by atoms with van der Waals surface area (Å²) in [5.41, 5.74) is 4.81. The number of carboxylic acids is 1. The molecule has 4 rings (SSSR count). The fraction of sp³-hybridized carbons (Fsp3) is 0.500. The van der Waals surface area contributed by atoms with Crippen molar-refractivity contribution in [1.82, 2.24) is 9.97 Å². The van der Waals surface area contributed by atoms with E-state index in [-0.39, 0.29) is 0 Å². The molecule has 1 aromatic carbocycles. The number of carboxylic acid groups (broad SMARTS) is 1. The molecule has 0 spiro atoms. The number of H-pyrrole nitrogens is 1. The molecule has 1 unspecified atom stereocenters. The van der Waals surface area contributed by atoms with E-state index in [9.17, 15) is 9.90 Å². The molecule has 1 aliphatic carbocycles. The van der Waals surface area contributed by atoms with Crippen LogP contribution in [0.5, 0.6) is 0 Å². The number of aliphatic carboxylic acids is 1. The van der Waals surface area contributed by atoms with Crippen molar-refractivity contribution in [2.24, 2.45) is 0 Å². The van der Waals surface area contributed by atoms with Gasteiger partial charge in [0.15, 0.2) is 0 Å². The van der Waals surface area contributed by atoms with Crippen molar-refractivity contribution in [3.8, 4) is 0 Å². The van der Waals surface area contributed by atoms with Crippen LogP contribution in [0.25, 0.3) is 11.0 Å². The molecule has 2 aliphatic rings. The van der Waals surface area contributed by atoms with E-state index < -0.39 is 12.0 Å². The average molecular weight is 285 g/mol. The Labute approximate surface area is 123 Å². The molecular formula is C16H19N3O2. The van der Waals surface area contributed by atoms with Crippen molar-refractivity contribution in [2.45, 2.75) is 44.6 Å². The minimum atomic E-state index is -0.757. The Balaban J connectivity index is 1.75. The molecule has 1 aromatic heterocycles. The molecule has 1 fully saturated rings. The van der Waals surface area contributed by atoms with E-state index in [4.69, 9.17) is 0 Å². The maximum atomic E-state index is 11.3. The molecule has 0 radical (unpaired) electrons. The number of benzene rings is 1. The quantitative estimate of drug-likeness (QED) is 0.889. The van der Waals surface area contributed by atoms with Gasteiger partial charge < -0.3 is 15.0 Å². The molecule has 110 valence electrons. The van der Waals surface area contributed by atoms with E-state index in [1.165, 1.54) is 24.0 Å². The zero-order valence-corrected chi connectivity index (χ0v) is 11.9. The standard InChI is InChI=1S/C16H19N3O2/c20-15(21)14-6-3-7-19(14)16-17-12-8-10-4-1-2-5-11(10)9-13(12)18-16/h8-9,14H,1-7H2,(H,17,18)(H,20,21). The van der Waals surface area contributed by atoms with Crippen molar-refractivity contribution in [1.29, 1.82) is 0 Å². The number of fused-ring (bicyclic) bond motifs is 2. The van der Waals surface area contributed by atoms with Crippen molar-refractivity contribution < 1.29 is 9.90 Å². The molecule has 2 heterocycles. The second-order valence-corrected chi connectivity index (χ2v) is 6.10. The van der Waals surface area contributed by atoms with Crippen LogP contribution in [-0.4, -0.2) is 33.6 Å². The number of imidazole rings is 1. The summed E-state index contributed by atoms with van der Waals surface area (Å²) in [6.07, 6.45) is 6.39. The number of nitrogens with zero attached hydrogens (tertiary/aromatic N) is 2. The third-order valence-corrected chi connectivity index (χ3v) is 4.74. The summed E-state index contributed by atoms with van der Waals surface area (Å²) >= 11 is 0. The van der Waals surface area contributed by atoms with Crippen molar-refractivity contribution >= 4 is 23.0 Å². The highest BCUT2D eigenvalue weighted by atomic mass is 16.4. The van der Waals surface area contributed by atoms with Gasteiger partial charge >= 0.3 is 5.97 Å². The Morgan fingerprint density at radius 2 is 2.00 bits per heavy atom. The molecule has 5 nitrogen and oxygen atoms in total. The number of rotatable bonds is 2. The summed E-state index contributed by atoms with van der Waals surface area (Å²) in [6, 6.07) is 3.93. The number of hydrogen-bond acceptors (Lipinski definition) is 3. The normalized spacial score (nSPS) is 21.7. The second-order valence-electron chi connectivity index (χ2n) is 6.10. The summed E-state index contributed by atoms with van der Waals surface area (Å²) < 4.78 is 0. The van der Waals surface area contributed by atoms with Crippen LogP contribution in [0.3, 0.4) is 0 Å². The summed E-state index contributed by atoms with van der Waals surface area (Å²) in [4.78, 5) is 21.2. The lowest BCUT2D eigenvalue weighted by atomic mass is 9.91. The van der Waals surface area contributed by atoms with E-state index in [2.05, 4.69) is 22.1 Å². The van der Waals surface area contributed by atoms with Crippen molar-refractivity contribution in [2.75, 3.05) is 11.4 Å². The Morgan fingerprint density at radius 1 is 1.24 bits per heavy atom. The SMILES string of the molecule is O=C(O)C1CCCN1c1nc2cc3c(cc2[nH]1)CCCC3.